The van der Waals surface area contributed by atoms with Crippen molar-refractivity contribution >= 4 is 23.8 Å². The molecule has 0 aromatic carbocycles. The third kappa shape index (κ3) is 7.30. The summed E-state index contributed by atoms with van der Waals surface area (Å²) in [5, 5.41) is 11.7. The van der Waals surface area contributed by atoms with E-state index < -0.39 is 12.0 Å². The Balaban J connectivity index is 4.42. The summed E-state index contributed by atoms with van der Waals surface area (Å²) in [6.45, 7) is 5.84. The fourth-order valence-electron chi connectivity index (χ4n) is 1.63. The van der Waals surface area contributed by atoms with Crippen molar-refractivity contribution in [2.24, 2.45) is 5.92 Å². The summed E-state index contributed by atoms with van der Waals surface area (Å²) < 4.78 is 0. The van der Waals surface area contributed by atoms with Gasteiger partial charge in [-0.15, -0.1) is 0 Å². The average Bonchev–Trinajstić information content (AvgIpc) is 2.33. The highest BCUT2D eigenvalue weighted by Gasteiger charge is 2.24. The molecule has 112 valence electrons. The fraction of sp³-hybridized carbons (Fsp3) is 0.846. The van der Waals surface area contributed by atoms with Gasteiger partial charge < -0.3 is 15.3 Å². The predicted molar refractivity (Wildman–Crippen MR) is 79.6 cm³/mol. The van der Waals surface area contributed by atoms with E-state index in [9.17, 15) is 9.59 Å². The summed E-state index contributed by atoms with van der Waals surface area (Å²) in [6.07, 6.45) is 3.36. The second-order valence-corrected chi connectivity index (χ2v) is 6.20. The quantitative estimate of drug-likeness (QED) is 0.719. The lowest BCUT2D eigenvalue weighted by Gasteiger charge is -2.27. The van der Waals surface area contributed by atoms with E-state index in [-0.39, 0.29) is 18.0 Å². The number of carboxylic acids is 1. The van der Waals surface area contributed by atoms with Crippen LogP contribution in [0.3, 0.4) is 0 Å². The maximum Gasteiger partial charge on any atom is 0.326 e. The standard InChI is InChI=1S/C13H26N2O3S/c1-9(2)8-11(12(16)17)14-13(18)15(4)10(3)6-7-19-5/h9-11H,6-8H2,1-5H3,(H,14,18)(H,16,17). The molecule has 2 unspecified atom stereocenters. The zero-order valence-electron chi connectivity index (χ0n) is 12.5. The molecule has 0 aliphatic heterocycles. The minimum absolute atomic E-state index is 0.0981. The molecule has 0 fully saturated rings. The Morgan fingerprint density at radius 1 is 1.32 bits per heavy atom. The van der Waals surface area contributed by atoms with Gasteiger partial charge in [0.2, 0.25) is 0 Å². The molecule has 0 aliphatic rings. The molecule has 0 heterocycles. The van der Waals surface area contributed by atoms with Crippen LogP contribution in [-0.4, -0.2) is 53.1 Å². The van der Waals surface area contributed by atoms with Crippen LogP contribution in [0.4, 0.5) is 4.79 Å². The summed E-state index contributed by atoms with van der Waals surface area (Å²) >= 11 is 1.73. The van der Waals surface area contributed by atoms with Crippen molar-refractivity contribution in [3.63, 3.8) is 0 Å². The molecule has 0 rings (SSSR count). The molecule has 0 saturated heterocycles. The van der Waals surface area contributed by atoms with Crippen LogP contribution in [0.15, 0.2) is 0 Å². The highest BCUT2D eigenvalue weighted by molar-refractivity contribution is 7.98. The molecule has 2 amide bonds. The molecule has 0 saturated carbocycles. The SMILES string of the molecule is CSCCC(C)N(C)C(=O)NC(CC(C)C)C(=O)O. The van der Waals surface area contributed by atoms with E-state index in [1.54, 1.807) is 23.7 Å². The Kier molecular flexibility index (Phi) is 8.63. The molecular weight excluding hydrogens is 264 g/mol. The van der Waals surface area contributed by atoms with Crippen molar-refractivity contribution < 1.29 is 14.7 Å². The van der Waals surface area contributed by atoms with Gasteiger partial charge in [-0.05, 0) is 37.7 Å². The van der Waals surface area contributed by atoms with E-state index in [1.807, 2.05) is 27.0 Å². The van der Waals surface area contributed by atoms with Crippen molar-refractivity contribution in [1.29, 1.82) is 0 Å². The van der Waals surface area contributed by atoms with Gasteiger partial charge in [0.15, 0.2) is 0 Å². The van der Waals surface area contributed by atoms with E-state index in [0.29, 0.717) is 6.42 Å². The topological polar surface area (TPSA) is 69.6 Å². The van der Waals surface area contributed by atoms with E-state index >= 15 is 0 Å². The van der Waals surface area contributed by atoms with Crippen LogP contribution in [-0.2, 0) is 4.79 Å². The van der Waals surface area contributed by atoms with Gasteiger partial charge in [0.05, 0.1) is 0 Å². The molecule has 19 heavy (non-hydrogen) atoms. The van der Waals surface area contributed by atoms with E-state index in [2.05, 4.69) is 5.32 Å². The van der Waals surface area contributed by atoms with Crippen molar-refractivity contribution in [1.82, 2.24) is 10.2 Å². The lowest BCUT2D eigenvalue weighted by atomic mass is 10.0. The zero-order valence-corrected chi connectivity index (χ0v) is 13.3. The van der Waals surface area contributed by atoms with E-state index in [0.717, 1.165) is 12.2 Å². The van der Waals surface area contributed by atoms with Crippen LogP contribution in [0.1, 0.15) is 33.6 Å². The second-order valence-electron chi connectivity index (χ2n) is 5.21. The third-order valence-corrected chi connectivity index (χ3v) is 3.67. The van der Waals surface area contributed by atoms with Crippen LogP contribution in [0.5, 0.6) is 0 Å². The van der Waals surface area contributed by atoms with Crippen LogP contribution >= 0.6 is 11.8 Å². The van der Waals surface area contributed by atoms with E-state index in [4.69, 9.17) is 5.11 Å². The Hall–Kier alpha value is -0.910. The smallest absolute Gasteiger partial charge is 0.326 e. The minimum atomic E-state index is -0.979. The number of thioether (sulfide) groups is 1. The van der Waals surface area contributed by atoms with Crippen LogP contribution in [0.25, 0.3) is 0 Å². The number of hydrogen-bond acceptors (Lipinski definition) is 3. The Labute approximate surface area is 120 Å². The molecule has 0 aliphatic carbocycles. The van der Waals surface area contributed by atoms with Gasteiger partial charge in [-0.1, -0.05) is 13.8 Å². The largest absolute Gasteiger partial charge is 0.480 e. The monoisotopic (exact) mass is 290 g/mol. The number of rotatable bonds is 8. The molecule has 5 nitrogen and oxygen atoms in total. The summed E-state index contributed by atoms with van der Waals surface area (Å²) in [6, 6.07) is -1.04. The van der Waals surface area contributed by atoms with Crippen molar-refractivity contribution in [3.05, 3.63) is 0 Å². The number of carbonyl (C=O) groups is 2. The summed E-state index contributed by atoms with van der Waals surface area (Å²) in [5.74, 6) is 0.223. The lowest BCUT2D eigenvalue weighted by Crippen LogP contribution is -2.49. The third-order valence-electron chi connectivity index (χ3n) is 3.02. The molecule has 2 atom stereocenters. The highest BCUT2D eigenvalue weighted by Crippen LogP contribution is 2.09. The molecule has 6 heteroatoms. The first-order chi connectivity index (χ1) is 8.79. The van der Waals surface area contributed by atoms with Gasteiger partial charge in [0.25, 0.3) is 0 Å². The number of nitrogens with zero attached hydrogens (tertiary/aromatic N) is 1. The fourth-order valence-corrected chi connectivity index (χ4v) is 2.20. The van der Waals surface area contributed by atoms with Crippen molar-refractivity contribution in [2.45, 2.75) is 45.7 Å². The first-order valence-corrected chi connectivity index (χ1v) is 7.94. The van der Waals surface area contributed by atoms with Crippen molar-refractivity contribution in [3.8, 4) is 0 Å². The molecule has 0 radical (unpaired) electrons. The second kappa shape index (κ2) is 9.07. The maximum absolute atomic E-state index is 12.0. The lowest BCUT2D eigenvalue weighted by molar-refractivity contribution is -0.139. The molecule has 2 N–H and O–H groups in total. The average molecular weight is 290 g/mol. The van der Waals surface area contributed by atoms with E-state index in [1.165, 1.54) is 0 Å². The zero-order chi connectivity index (χ0) is 15.0. The molecule has 0 bridgehead atoms. The normalized spacial score (nSPS) is 14.0. The first-order valence-electron chi connectivity index (χ1n) is 6.54. The number of carboxylic acid groups (broad SMARTS) is 1. The van der Waals surface area contributed by atoms with Gasteiger partial charge >= 0.3 is 12.0 Å². The number of hydrogen-bond donors (Lipinski definition) is 2. The summed E-state index contributed by atoms with van der Waals surface area (Å²) in [4.78, 5) is 24.7. The summed E-state index contributed by atoms with van der Waals surface area (Å²) in [7, 11) is 1.70. The van der Waals surface area contributed by atoms with Gasteiger partial charge in [-0.25, -0.2) is 9.59 Å². The number of aliphatic carboxylic acids is 1. The van der Waals surface area contributed by atoms with Gasteiger partial charge in [-0.3, -0.25) is 0 Å². The molecular formula is C13H26N2O3S. The first kappa shape index (κ1) is 18.1. The van der Waals surface area contributed by atoms with Gasteiger partial charge in [0.1, 0.15) is 6.04 Å². The molecule has 0 aromatic rings. The molecule has 0 spiro atoms. The van der Waals surface area contributed by atoms with Crippen molar-refractivity contribution in [2.75, 3.05) is 19.1 Å². The summed E-state index contributed by atoms with van der Waals surface area (Å²) in [5.41, 5.74) is 0. The molecule has 0 aromatic heterocycles. The number of carbonyl (C=O) groups excluding carboxylic acids is 1. The number of nitrogens with one attached hydrogen (secondary N) is 1. The number of amides is 2. The van der Waals surface area contributed by atoms with Crippen LogP contribution in [0, 0.1) is 5.92 Å². The maximum atomic E-state index is 12.0. The Morgan fingerprint density at radius 2 is 1.89 bits per heavy atom. The Bertz CT molecular complexity index is 298. The Morgan fingerprint density at radius 3 is 2.32 bits per heavy atom. The minimum Gasteiger partial charge on any atom is -0.480 e. The predicted octanol–water partition coefficient (Wildman–Crippen LogP) is 2.27. The van der Waals surface area contributed by atoms with Crippen LogP contribution < -0.4 is 5.32 Å². The van der Waals surface area contributed by atoms with Gasteiger partial charge in [0, 0.05) is 13.1 Å². The number of urea groups is 1. The van der Waals surface area contributed by atoms with Gasteiger partial charge in [-0.2, -0.15) is 11.8 Å². The highest BCUT2D eigenvalue weighted by atomic mass is 32.2. The van der Waals surface area contributed by atoms with Crippen LogP contribution in [0.2, 0.25) is 0 Å².